The number of benzene rings is 2. The first-order valence-electron chi connectivity index (χ1n) is 10.9. The second-order valence-electron chi connectivity index (χ2n) is 8.60. The zero-order valence-electron chi connectivity index (χ0n) is 18.5. The van der Waals surface area contributed by atoms with Crippen LogP contribution in [0.15, 0.2) is 36.4 Å². The summed E-state index contributed by atoms with van der Waals surface area (Å²) in [6.07, 6.45) is 0.693. The Kier molecular flexibility index (Phi) is 5.49. The third-order valence-corrected chi connectivity index (χ3v) is 8.79. The summed E-state index contributed by atoms with van der Waals surface area (Å²) in [5.41, 5.74) is 1.84. The van der Waals surface area contributed by atoms with E-state index in [1.807, 2.05) is 9.34 Å². The predicted octanol–water partition coefficient (Wildman–Crippen LogP) is 3.83. The topological polar surface area (TPSA) is 105 Å². The molecule has 2 aromatic carbocycles. The van der Waals surface area contributed by atoms with Gasteiger partial charge in [0.15, 0.2) is 0 Å². The number of ether oxygens (including phenoxy) is 1. The SMILES string of the molecule is CN(C)C(=O)c1ccc(Oc2c([N+](=O)[O-])ccc3c2CC[C@@H]3OP(=O)(N2CC2)N2CC2)cc1. The number of nitro benzene ring substituents is 1. The minimum absolute atomic E-state index is 0.136. The molecule has 0 N–H and O–H groups in total. The van der Waals surface area contributed by atoms with Crippen LogP contribution in [-0.2, 0) is 15.5 Å². The molecular weight excluding hydrogens is 447 g/mol. The van der Waals surface area contributed by atoms with Crippen molar-refractivity contribution in [2.45, 2.75) is 18.9 Å². The summed E-state index contributed by atoms with van der Waals surface area (Å²) in [7, 11) is 0.310. The van der Waals surface area contributed by atoms with E-state index in [2.05, 4.69) is 0 Å². The van der Waals surface area contributed by atoms with Crippen molar-refractivity contribution < 1.29 is 23.5 Å². The molecule has 3 aliphatic rings. The summed E-state index contributed by atoms with van der Waals surface area (Å²) in [5.74, 6) is 0.420. The van der Waals surface area contributed by atoms with E-state index in [0.717, 1.165) is 31.7 Å². The van der Waals surface area contributed by atoms with Gasteiger partial charge in [0.2, 0.25) is 5.75 Å². The van der Waals surface area contributed by atoms with Crippen LogP contribution in [-0.4, -0.2) is 65.3 Å². The molecule has 33 heavy (non-hydrogen) atoms. The van der Waals surface area contributed by atoms with E-state index in [1.54, 1.807) is 44.4 Å². The molecule has 2 saturated heterocycles. The van der Waals surface area contributed by atoms with Crippen LogP contribution in [0.2, 0.25) is 0 Å². The molecule has 10 nitrogen and oxygen atoms in total. The van der Waals surface area contributed by atoms with Crippen molar-refractivity contribution in [1.82, 2.24) is 14.2 Å². The first-order chi connectivity index (χ1) is 15.8. The maximum absolute atomic E-state index is 13.4. The minimum atomic E-state index is -3.03. The number of fused-ring (bicyclic) bond motifs is 1. The molecule has 2 aliphatic heterocycles. The van der Waals surface area contributed by atoms with Crippen molar-refractivity contribution >= 4 is 19.3 Å². The van der Waals surface area contributed by atoms with Crippen LogP contribution in [0.25, 0.3) is 0 Å². The summed E-state index contributed by atoms with van der Waals surface area (Å²) in [5, 5.41) is 11.7. The Bertz CT molecular complexity index is 1140. The number of carbonyl (C=O) groups excluding carboxylic acids is 1. The molecule has 5 rings (SSSR count). The largest absolute Gasteiger partial charge is 0.450 e. The highest BCUT2D eigenvalue weighted by Crippen LogP contribution is 2.64. The standard InChI is InChI=1S/C22H25N4O6P/c1-23(2)22(27)15-3-5-16(6-4-15)31-21-18-8-10-20(17(18)7-9-19(21)26(28)29)32-33(30,24-11-12-24)25-13-14-25/h3-7,9,20H,8,10-14H2,1-2H3/t20-/m0/s1. The Morgan fingerprint density at radius 3 is 2.27 bits per heavy atom. The number of hydrogen-bond acceptors (Lipinski definition) is 6. The molecule has 2 aromatic rings. The van der Waals surface area contributed by atoms with E-state index < -0.39 is 18.7 Å². The molecule has 0 spiro atoms. The second kappa shape index (κ2) is 8.22. The minimum Gasteiger partial charge on any atom is -0.450 e. The Morgan fingerprint density at radius 2 is 1.73 bits per heavy atom. The molecule has 0 aromatic heterocycles. The molecule has 174 valence electrons. The van der Waals surface area contributed by atoms with Crippen LogP contribution < -0.4 is 4.74 Å². The van der Waals surface area contributed by atoms with Crippen LogP contribution in [0, 0.1) is 10.1 Å². The lowest BCUT2D eigenvalue weighted by molar-refractivity contribution is -0.385. The van der Waals surface area contributed by atoms with Gasteiger partial charge < -0.3 is 9.64 Å². The van der Waals surface area contributed by atoms with Crippen molar-refractivity contribution in [1.29, 1.82) is 0 Å². The van der Waals surface area contributed by atoms with Gasteiger partial charge in [-0.3, -0.25) is 24.0 Å². The van der Waals surface area contributed by atoms with E-state index in [9.17, 15) is 19.5 Å². The molecular formula is C22H25N4O6P. The van der Waals surface area contributed by atoms with E-state index in [4.69, 9.17) is 9.26 Å². The average molecular weight is 472 g/mol. The summed E-state index contributed by atoms with van der Waals surface area (Å²) >= 11 is 0. The van der Waals surface area contributed by atoms with E-state index >= 15 is 0 Å². The number of nitro groups is 1. The maximum Gasteiger partial charge on any atom is 0.346 e. The van der Waals surface area contributed by atoms with E-state index in [1.165, 1.54) is 11.0 Å². The van der Waals surface area contributed by atoms with Gasteiger partial charge in [0.25, 0.3) is 5.91 Å². The molecule has 2 fully saturated rings. The van der Waals surface area contributed by atoms with Gasteiger partial charge in [0.05, 0.1) is 11.0 Å². The van der Waals surface area contributed by atoms with Gasteiger partial charge >= 0.3 is 13.4 Å². The highest BCUT2D eigenvalue weighted by Gasteiger charge is 2.51. The zero-order chi connectivity index (χ0) is 23.3. The monoisotopic (exact) mass is 472 g/mol. The van der Waals surface area contributed by atoms with Crippen LogP contribution in [0.1, 0.15) is 34.0 Å². The summed E-state index contributed by atoms with van der Waals surface area (Å²) in [4.78, 5) is 24.8. The van der Waals surface area contributed by atoms with Gasteiger partial charge in [-0.25, -0.2) is 9.34 Å². The molecule has 1 amide bonds. The summed E-state index contributed by atoms with van der Waals surface area (Å²) in [6, 6.07) is 9.60. The average Bonchev–Trinajstić information content (AvgIpc) is 3.70. The summed E-state index contributed by atoms with van der Waals surface area (Å²) < 4.78 is 29.3. The van der Waals surface area contributed by atoms with Gasteiger partial charge in [-0.1, -0.05) is 0 Å². The van der Waals surface area contributed by atoms with E-state index in [-0.39, 0.29) is 17.3 Å². The van der Waals surface area contributed by atoms with Crippen molar-refractivity contribution in [2.75, 3.05) is 40.3 Å². The molecule has 0 bridgehead atoms. The Balaban J connectivity index is 1.44. The summed E-state index contributed by atoms with van der Waals surface area (Å²) in [6.45, 7) is 3.03. The molecule has 2 heterocycles. The molecule has 0 radical (unpaired) electrons. The fourth-order valence-electron chi connectivity index (χ4n) is 4.10. The van der Waals surface area contributed by atoms with Gasteiger partial charge in [0, 0.05) is 57.5 Å². The molecule has 11 heteroatoms. The van der Waals surface area contributed by atoms with Crippen molar-refractivity contribution in [3.63, 3.8) is 0 Å². The van der Waals surface area contributed by atoms with Crippen LogP contribution in [0.5, 0.6) is 11.5 Å². The second-order valence-corrected chi connectivity index (χ2v) is 10.9. The quantitative estimate of drug-likeness (QED) is 0.247. The van der Waals surface area contributed by atoms with Crippen molar-refractivity contribution in [3.8, 4) is 11.5 Å². The van der Waals surface area contributed by atoms with Gasteiger partial charge in [-0.05, 0) is 48.7 Å². The Labute approximate surface area is 191 Å². The first kappa shape index (κ1) is 22.0. The number of amides is 1. The molecule has 1 aliphatic carbocycles. The van der Waals surface area contributed by atoms with Gasteiger partial charge in [-0.15, -0.1) is 0 Å². The third kappa shape index (κ3) is 4.15. The van der Waals surface area contributed by atoms with Gasteiger partial charge in [0.1, 0.15) is 5.75 Å². The van der Waals surface area contributed by atoms with Crippen LogP contribution in [0.4, 0.5) is 5.69 Å². The van der Waals surface area contributed by atoms with Gasteiger partial charge in [-0.2, -0.15) is 0 Å². The predicted molar refractivity (Wildman–Crippen MR) is 121 cm³/mol. The molecule has 0 unspecified atom stereocenters. The number of carbonyl (C=O) groups is 1. The fourth-order valence-corrected chi connectivity index (χ4v) is 6.47. The maximum atomic E-state index is 13.4. The van der Waals surface area contributed by atoms with Crippen molar-refractivity contribution in [3.05, 3.63) is 63.2 Å². The lowest BCUT2D eigenvalue weighted by Gasteiger charge is -2.24. The third-order valence-electron chi connectivity index (χ3n) is 6.03. The van der Waals surface area contributed by atoms with Crippen LogP contribution in [0.3, 0.4) is 0 Å². The zero-order valence-corrected chi connectivity index (χ0v) is 19.4. The number of nitrogens with zero attached hydrogens (tertiary/aromatic N) is 4. The molecule has 0 saturated carbocycles. The highest BCUT2D eigenvalue weighted by molar-refractivity contribution is 7.54. The first-order valence-corrected chi connectivity index (χ1v) is 12.4. The number of rotatable bonds is 8. The van der Waals surface area contributed by atoms with Crippen LogP contribution >= 0.6 is 7.67 Å². The van der Waals surface area contributed by atoms with E-state index in [0.29, 0.717) is 29.7 Å². The number of hydrogen-bond donors (Lipinski definition) is 0. The lowest BCUT2D eigenvalue weighted by atomic mass is 10.1. The normalized spacial score (nSPS) is 19.8. The molecule has 1 atom stereocenters. The smallest absolute Gasteiger partial charge is 0.346 e. The fraction of sp³-hybridized carbons (Fsp3) is 0.409. The Morgan fingerprint density at radius 1 is 1.09 bits per heavy atom. The lowest BCUT2D eigenvalue weighted by Crippen LogP contribution is -2.21. The highest BCUT2D eigenvalue weighted by atomic mass is 31.2. The van der Waals surface area contributed by atoms with Crippen molar-refractivity contribution in [2.24, 2.45) is 0 Å². The Hall–Kier alpha value is -2.78.